The molecule has 0 unspecified atom stereocenters. The zero-order valence-electron chi connectivity index (χ0n) is 16.3. The van der Waals surface area contributed by atoms with Gasteiger partial charge in [-0.05, 0) is 35.0 Å². The third-order valence-electron chi connectivity index (χ3n) is 4.41. The zero-order valence-corrected chi connectivity index (χ0v) is 16.3. The Hall–Kier alpha value is -4.07. The molecule has 4 rings (SSSR count). The fraction of sp³-hybridized carbons (Fsp3) is 0.136. The molecule has 2 aromatic heterocycles. The minimum atomic E-state index is -0.419. The lowest BCUT2D eigenvalue weighted by molar-refractivity contribution is -0.118. The van der Waals surface area contributed by atoms with Crippen molar-refractivity contribution in [1.82, 2.24) is 15.1 Å². The van der Waals surface area contributed by atoms with E-state index in [1.807, 2.05) is 42.5 Å². The van der Waals surface area contributed by atoms with Gasteiger partial charge in [-0.3, -0.25) is 14.3 Å². The second-order valence-corrected chi connectivity index (χ2v) is 6.67. The molecule has 4 aromatic rings. The molecule has 0 aliphatic rings. The maximum Gasteiger partial charge on any atom is 0.274 e. The molecular formula is C22H20N4O4. The number of hydrogen-bond donors (Lipinski definition) is 2. The predicted octanol–water partition coefficient (Wildman–Crippen LogP) is 3.11. The highest BCUT2D eigenvalue weighted by Gasteiger charge is 2.18. The molecule has 8 nitrogen and oxygen atoms in total. The molecule has 0 saturated heterocycles. The van der Waals surface area contributed by atoms with Gasteiger partial charge in [0, 0.05) is 13.2 Å². The maximum absolute atomic E-state index is 12.4. The summed E-state index contributed by atoms with van der Waals surface area (Å²) in [7, 11) is 1.67. The van der Waals surface area contributed by atoms with Crippen LogP contribution in [-0.2, 0) is 18.4 Å². The summed E-state index contributed by atoms with van der Waals surface area (Å²) in [6, 6.07) is 17.0. The standard InChI is InChI=1S/C22H20N4O4/c1-26-13-19(21(25-26)22(28)23-12-18-7-4-10-29-18)24-20(27)14-30-17-9-8-15-5-2-3-6-16(15)11-17/h2-11,13H,12,14H2,1H3,(H,23,28)(H,24,27). The molecule has 152 valence electrons. The van der Waals surface area contributed by atoms with E-state index in [-0.39, 0.29) is 18.8 Å². The fourth-order valence-corrected chi connectivity index (χ4v) is 3.00. The highest BCUT2D eigenvalue weighted by molar-refractivity contribution is 6.02. The van der Waals surface area contributed by atoms with Crippen molar-refractivity contribution in [3.8, 4) is 5.75 Å². The van der Waals surface area contributed by atoms with Gasteiger partial charge in [0.1, 0.15) is 11.5 Å². The minimum Gasteiger partial charge on any atom is -0.484 e. The lowest BCUT2D eigenvalue weighted by atomic mass is 10.1. The van der Waals surface area contributed by atoms with E-state index in [2.05, 4.69) is 15.7 Å². The Morgan fingerprint density at radius 1 is 1.10 bits per heavy atom. The molecule has 2 aromatic carbocycles. The zero-order chi connectivity index (χ0) is 20.9. The first-order valence-electron chi connectivity index (χ1n) is 9.34. The number of carbonyl (C=O) groups excluding carboxylic acids is 2. The topological polar surface area (TPSA) is 98.4 Å². The van der Waals surface area contributed by atoms with Crippen LogP contribution >= 0.6 is 0 Å². The van der Waals surface area contributed by atoms with E-state index in [0.29, 0.717) is 17.2 Å². The van der Waals surface area contributed by atoms with E-state index in [1.165, 1.54) is 10.9 Å². The average Bonchev–Trinajstić information content (AvgIpc) is 3.40. The summed E-state index contributed by atoms with van der Waals surface area (Å²) in [5.41, 5.74) is 0.421. The van der Waals surface area contributed by atoms with E-state index >= 15 is 0 Å². The largest absolute Gasteiger partial charge is 0.484 e. The van der Waals surface area contributed by atoms with Crippen molar-refractivity contribution in [2.24, 2.45) is 7.05 Å². The molecule has 0 bridgehead atoms. The first kappa shape index (κ1) is 19.3. The Bertz CT molecular complexity index is 1180. The first-order valence-corrected chi connectivity index (χ1v) is 9.34. The third-order valence-corrected chi connectivity index (χ3v) is 4.41. The van der Waals surface area contributed by atoms with Crippen molar-refractivity contribution < 1.29 is 18.7 Å². The second-order valence-electron chi connectivity index (χ2n) is 6.67. The van der Waals surface area contributed by atoms with Gasteiger partial charge >= 0.3 is 0 Å². The molecule has 0 aliphatic heterocycles. The fourth-order valence-electron chi connectivity index (χ4n) is 3.00. The molecule has 2 amide bonds. The van der Waals surface area contributed by atoms with Crippen molar-refractivity contribution in [2.45, 2.75) is 6.54 Å². The number of anilines is 1. The Morgan fingerprint density at radius 2 is 1.93 bits per heavy atom. The Morgan fingerprint density at radius 3 is 2.73 bits per heavy atom. The van der Waals surface area contributed by atoms with Gasteiger partial charge in [-0.25, -0.2) is 0 Å². The molecule has 30 heavy (non-hydrogen) atoms. The number of furan rings is 1. The van der Waals surface area contributed by atoms with Crippen molar-refractivity contribution in [2.75, 3.05) is 11.9 Å². The van der Waals surface area contributed by atoms with Crippen LogP contribution in [0.25, 0.3) is 10.8 Å². The van der Waals surface area contributed by atoms with Crippen molar-refractivity contribution in [1.29, 1.82) is 0 Å². The summed E-state index contributed by atoms with van der Waals surface area (Å²) < 4.78 is 12.3. The van der Waals surface area contributed by atoms with Crippen molar-refractivity contribution in [3.05, 3.63) is 78.5 Å². The second kappa shape index (κ2) is 8.52. The highest BCUT2D eigenvalue weighted by Crippen LogP contribution is 2.20. The predicted molar refractivity (Wildman–Crippen MR) is 111 cm³/mol. The number of ether oxygens (including phenoxy) is 1. The first-order chi connectivity index (χ1) is 14.6. The highest BCUT2D eigenvalue weighted by atomic mass is 16.5. The number of rotatable bonds is 7. The van der Waals surface area contributed by atoms with Gasteiger partial charge in [0.2, 0.25) is 0 Å². The van der Waals surface area contributed by atoms with Gasteiger partial charge < -0.3 is 19.8 Å². The number of fused-ring (bicyclic) bond motifs is 1. The number of benzene rings is 2. The van der Waals surface area contributed by atoms with Gasteiger partial charge in [0.05, 0.1) is 18.5 Å². The van der Waals surface area contributed by atoms with Crippen LogP contribution in [0.5, 0.6) is 5.75 Å². The van der Waals surface area contributed by atoms with Crippen LogP contribution in [0, 0.1) is 0 Å². The van der Waals surface area contributed by atoms with Crippen LogP contribution in [-0.4, -0.2) is 28.2 Å². The van der Waals surface area contributed by atoms with E-state index in [1.54, 1.807) is 25.4 Å². The molecule has 0 aliphatic carbocycles. The van der Waals surface area contributed by atoms with E-state index < -0.39 is 11.8 Å². The normalized spacial score (nSPS) is 10.7. The van der Waals surface area contributed by atoms with Gasteiger partial charge in [-0.1, -0.05) is 30.3 Å². The summed E-state index contributed by atoms with van der Waals surface area (Å²) >= 11 is 0. The van der Waals surface area contributed by atoms with Crippen LogP contribution in [0.2, 0.25) is 0 Å². The molecule has 0 saturated carbocycles. The minimum absolute atomic E-state index is 0.114. The Labute approximate surface area is 172 Å². The van der Waals surface area contributed by atoms with Crippen LogP contribution in [0.4, 0.5) is 5.69 Å². The molecule has 2 N–H and O–H groups in total. The van der Waals surface area contributed by atoms with E-state index in [0.717, 1.165) is 10.8 Å². The summed E-state index contributed by atoms with van der Waals surface area (Å²) in [5, 5.41) is 11.6. The molecule has 8 heteroatoms. The smallest absolute Gasteiger partial charge is 0.274 e. The monoisotopic (exact) mass is 404 g/mol. The van der Waals surface area contributed by atoms with Gasteiger partial charge in [-0.2, -0.15) is 5.10 Å². The van der Waals surface area contributed by atoms with E-state index in [4.69, 9.17) is 9.15 Å². The van der Waals surface area contributed by atoms with Crippen LogP contribution in [0.15, 0.2) is 71.5 Å². The van der Waals surface area contributed by atoms with Gasteiger partial charge in [-0.15, -0.1) is 0 Å². The van der Waals surface area contributed by atoms with Crippen LogP contribution < -0.4 is 15.4 Å². The summed E-state index contributed by atoms with van der Waals surface area (Å²) in [4.78, 5) is 24.8. The maximum atomic E-state index is 12.4. The number of aryl methyl sites for hydroxylation is 1. The molecule has 0 atom stereocenters. The number of aromatic nitrogens is 2. The Balaban J connectivity index is 1.37. The summed E-state index contributed by atoms with van der Waals surface area (Å²) in [5.74, 6) is 0.397. The summed E-state index contributed by atoms with van der Waals surface area (Å²) in [6.45, 7) is 0.0293. The van der Waals surface area contributed by atoms with Crippen LogP contribution in [0.1, 0.15) is 16.2 Å². The average molecular weight is 404 g/mol. The van der Waals surface area contributed by atoms with Crippen molar-refractivity contribution in [3.63, 3.8) is 0 Å². The van der Waals surface area contributed by atoms with Crippen LogP contribution in [0.3, 0.4) is 0 Å². The molecule has 2 heterocycles. The molecule has 0 fully saturated rings. The SMILES string of the molecule is Cn1cc(NC(=O)COc2ccc3ccccc3c2)c(C(=O)NCc2ccco2)n1. The lowest BCUT2D eigenvalue weighted by Gasteiger charge is -2.08. The number of amides is 2. The number of hydrogen-bond acceptors (Lipinski definition) is 5. The van der Waals surface area contributed by atoms with Gasteiger partial charge in [0.15, 0.2) is 12.3 Å². The lowest BCUT2D eigenvalue weighted by Crippen LogP contribution is -2.26. The number of nitrogens with zero attached hydrogens (tertiary/aromatic N) is 2. The number of carbonyl (C=O) groups is 2. The quantitative estimate of drug-likeness (QED) is 0.493. The molecule has 0 spiro atoms. The number of nitrogens with one attached hydrogen (secondary N) is 2. The van der Waals surface area contributed by atoms with Gasteiger partial charge in [0.25, 0.3) is 11.8 Å². The van der Waals surface area contributed by atoms with E-state index in [9.17, 15) is 9.59 Å². The van der Waals surface area contributed by atoms with Crippen molar-refractivity contribution >= 4 is 28.3 Å². The molecular weight excluding hydrogens is 384 g/mol. The summed E-state index contributed by atoms with van der Waals surface area (Å²) in [6.07, 6.45) is 3.10. The Kier molecular flexibility index (Phi) is 5.47. The third kappa shape index (κ3) is 4.49. The molecule has 0 radical (unpaired) electrons.